The SMILES string of the molecule is Cc1cccc(C(CO)Cc2cc(F)ccc2F)c1. The number of hydrogen-bond donors (Lipinski definition) is 1. The lowest BCUT2D eigenvalue weighted by atomic mass is 9.91. The number of aliphatic hydroxyl groups excluding tert-OH is 1. The predicted octanol–water partition coefficient (Wildman–Crippen LogP) is 3.59. The van der Waals surface area contributed by atoms with Gasteiger partial charge in [0.2, 0.25) is 0 Å². The molecule has 100 valence electrons. The van der Waals surface area contributed by atoms with Gasteiger partial charge in [0.05, 0.1) is 6.61 Å². The molecule has 1 N–H and O–H groups in total. The van der Waals surface area contributed by atoms with E-state index in [-0.39, 0.29) is 18.9 Å². The summed E-state index contributed by atoms with van der Waals surface area (Å²) in [5.74, 6) is -1.12. The highest BCUT2D eigenvalue weighted by Crippen LogP contribution is 2.23. The third-order valence-corrected chi connectivity index (χ3v) is 3.21. The first-order valence-corrected chi connectivity index (χ1v) is 6.21. The minimum Gasteiger partial charge on any atom is -0.396 e. The second kappa shape index (κ2) is 5.93. The Morgan fingerprint density at radius 1 is 1.11 bits per heavy atom. The smallest absolute Gasteiger partial charge is 0.126 e. The van der Waals surface area contributed by atoms with E-state index in [0.717, 1.165) is 23.3 Å². The van der Waals surface area contributed by atoms with Gasteiger partial charge in [0.1, 0.15) is 11.6 Å². The summed E-state index contributed by atoms with van der Waals surface area (Å²) in [6.07, 6.45) is 0.281. The summed E-state index contributed by atoms with van der Waals surface area (Å²) >= 11 is 0. The first kappa shape index (κ1) is 13.7. The second-order valence-corrected chi connectivity index (χ2v) is 4.73. The van der Waals surface area contributed by atoms with Crippen molar-refractivity contribution in [2.24, 2.45) is 0 Å². The highest BCUT2D eigenvalue weighted by molar-refractivity contribution is 5.28. The maximum atomic E-state index is 13.6. The number of halogens is 2. The molecule has 0 amide bonds. The molecule has 0 aliphatic heterocycles. The average Bonchev–Trinajstić information content (AvgIpc) is 2.39. The lowest BCUT2D eigenvalue weighted by Gasteiger charge is -2.16. The zero-order valence-corrected chi connectivity index (χ0v) is 10.7. The Labute approximate surface area is 111 Å². The van der Waals surface area contributed by atoms with E-state index in [1.807, 2.05) is 31.2 Å². The van der Waals surface area contributed by atoms with Crippen LogP contribution in [0.5, 0.6) is 0 Å². The van der Waals surface area contributed by atoms with Crippen molar-refractivity contribution in [2.75, 3.05) is 6.61 Å². The molecule has 0 aliphatic carbocycles. The van der Waals surface area contributed by atoms with Gasteiger partial charge in [-0.15, -0.1) is 0 Å². The van der Waals surface area contributed by atoms with Gasteiger partial charge in [-0.05, 0) is 42.7 Å². The van der Waals surface area contributed by atoms with E-state index in [2.05, 4.69) is 0 Å². The Kier molecular flexibility index (Phi) is 4.27. The fraction of sp³-hybridized carbons (Fsp3) is 0.250. The number of rotatable bonds is 4. The molecule has 0 heterocycles. The van der Waals surface area contributed by atoms with Crippen LogP contribution in [0.4, 0.5) is 8.78 Å². The summed E-state index contributed by atoms with van der Waals surface area (Å²) in [4.78, 5) is 0. The van der Waals surface area contributed by atoms with Crippen LogP contribution in [0.15, 0.2) is 42.5 Å². The summed E-state index contributed by atoms with van der Waals surface area (Å²) in [7, 11) is 0. The predicted molar refractivity (Wildman–Crippen MR) is 71.1 cm³/mol. The highest BCUT2D eigenvalue weighted by Gasteiger charge is 2.14. The van der Waals surface area contributed by atoms with Crippen LogP contribution in [0.3, 0.4) is 0 Å². The molecule has 2 aromatic rings. The third-order valence-electron chi connectivity index (χ3n) is 3.21. The van der Waals surface area contributed by atoms with Crippen LogP contribution in [0.25, 0.3) is 0 Å². The first-order valence-electron chi connectivity index (χ1n) is 6.21. The molecule has 0 saturated carbocycles. The topological polar surface area (TPSA) is 20.2 Å². The van der Waals surface area contributed by atoms with Gasteiger partial charge in [-0.3, -0.25) is 0 Å². The second-order valence-electron chi connectivity index (χ2n) is 4.73. The molecule has 0 spiro atoms. The van der Waals surface area contributed by atoms with Crippen molar-refractivity contribution in [3.8, 4) is 0 Å². The molecule has 1 unspecified atom stereocenters. The van der Waals surface area contributed by atoms with E-state index in [1.165, 1.54) is 6.07 Å². The highest BCUT2D eigenvalue weighted by atomic mass is 19.1. The molecule has 0 aromatic heterocycles. The standard InChI is InChI=1S/C16H16F2O/c1-11-3-2-4-12(7-11)14(10-19)8-13-9-15(17)5-6-16(13)18/h2-7,9,14,19H,8,10H2,1H3. The average molecular weight is 262 g/mol. The van der Waals surface area contributed by atoms with Crippen LogP contribution < -0.4 is 0 Å². The van der Waals surface area contributed by atoms with Crippen LogP contribution in [-0.4, -0.2) is 11.7 Å². The molecule has 0 fully saturated rings. The molecule has 0 radical (unpaired) electrons. The Balaban J connectivity index is 2.26. The van der Waals surface area contributed by atoms with Crippen molar-refractivity contribution in [2.45, 2.75) is 19.3 Å². The van der Waals surface area contributed by atoms with E-state index in [0.29, 0.717) is 5.56 Å². The molecule has 3 heteroatoms. The molecule has 0 bridgehead atoms. The molecule has 1 nitrogen and oxygen atoms in total. The van der Waals surface area contributed by atoms with E-state index in [4.69, 9.17) is 0 Å². The van der Waals surface area contributed by atoms with Crippen LogP contribution >= 0.6 is 0 Å². The lowest BCUT2D eigenvalue weighted by Crippen LogP contribution is -2.09. The Bertz CT molecular complexity index is 566. The number of benzene rings is 2. The van der Waals surface area contributed by atoms with Crippen LogP contribution in [0, 0.1) is 18.6 Å². The molecule has 0 aliphatic rings. The van der Waals surface area contributed by atoms with Gasteiger partial charge >= 0.3 is 0 Å². The van der Waals surface area contributed by atoms with Crippen molar-refractivity contribution in [3.05, 3.63) is 70.8 Å². The van der Waals surface area contributed by atoms with Crippen LogP contribution in [-0.2, 0) is 6.42 Å². The molecule has 2 rings (SSSR count). The van der Waals surface area contributed by atoms with Gasteiger partial charge in [0, 0.05) is 5.92 Å². The zero-order valence-electron chi connectivity index (χ0n) is 10.7. The summed E-state index contributed by atoms with van der Waals surface area (Å²) in [5.41, 5.74) is 2.31. The summed E-state index contributed by atoms with van der Waals surface area (Å²) in [6, 6.07) is 11.1. The minimum atomic E-state index is -0.461. The fourth-order valence-electron chi connectivity index (χ4n) is 2.18. The van der Waals surface area contributed by atoms with Crippen LogP contribution in [0.2, 0.25) is 0 Å². The number of aliphatic hydroxyl groups is 1. The first-order chi connectivity index (χ1) is 9.10. The quantitative estimate of drug-likeness (QED) is 0.892. The maximum absolute atomic E-state index is 13.6. The van der Waals surface area contributed by atoms with E-state index in [9.17, 15) is 13.9 Å². The molecular formula is C16H16F2O. The Morgan fingerprint density at radius 2 is 1.89 bits per heavy atom. The molecular weight excluding hydrogens is 246 g/mol. The molecule has 19 heavy (non-hydrogen) atoms. The van der Waals surface area contributed by atoms with Gasteiger partial charge in [-0.25, -0.2) is 8.78 Å². The fourth-order valence-corrected chi connectivity index (χ4v) is 2.18. The van der Waals surface area contributed by atoms with Crippen molar-refractivity contribution in [3.63, 3.8) is 0 Å². The van der Waals surface area contributed by atoms with Crippen molar-refractivity contribution >= 4 is 0 Å². The maximum Gasteiger partial charge on any atom is 0.126 e. The van der Waals surface area contributed by atoms with Gasteiger partial charge in [0.15, 0.2) is 0 Å². The summed E-state index contributed by atoms with van der Waals surface area (Å²) in [5, 5.41) is 9.48. The van der Waals surface area contributed by atoms with Crippen molar-refractivity contribution in [1.82, 2.24) is 0 Å². The minimum absolute atomic E-state index is 0.0978. The molecule has 0 saturated heterocycles. The summed E-state index contributed by atoms with van der Waals surface area (Å²) < 4.78 is 26.8. The van der Waals surface area contributed by atoms with Crippen molar-refractivity contribution < 1.29 is 13.9 Å². The zero-order chi connectivity index (χ0) is 13.8. The molecule has 1 atom stereocenters. The lowest BCUT2D eigenvalue weighted by molar-refractivity contribution is 0.263. The Morgan fingerprint density at radius 3 is 2.58 bits per heavy atom. The summed E-state index contributed by atoms with van der Waals surface area (Å²) in [6.45, 7) is 1.86. The van der Waals surface area contributed by atoms with Gasteiger partial charge < -0.3 is 5.11 Å². The third kappa shape index (κ3) is 3.38. The van der Waals surface area contributed by atoms with Gasteiger partial charge in [-0.2, -0.15) is 0 Å². The largest absolute Gasteiger partial charge is 0.396 e. The normalized spacial score (nSPS) is 12.4. The number of hydrogen-bond acceptors (Lipinski definition) is 1. The monoisotopic (exact) mass is 262 g/mol. The van der Waals surface area contributed by atoms with E-state index in [1.54, 1.807) is 0 Å². The van der Waals surface area contributed by atoms with Gasteiger partial charge in [-0.1, -0.05) is 29.8 Å². The Hall–Kier alpha value is -1.74. The molecule has 2 aromatic carbocycles. The van der Waals surface area contributed by atoms with E-state index >= 15 is 0 Å². The van der Waals surface area contributed by atoms with Crippen LogP contribution in [0.1, 0.15) is 22.6 Å². The number of aryl methyl sites for hydroxylation is 1. The van der Waals surface area contributed by atoms with Crippen molar-refractivity contribution in [1.29, 1.82) is 0 Å². The van der Waals surface area contributed by atoms with E-state index < -0.39 is 11.6 Å². The van der Waals surface area contributed by atoms with Gasteiger partial charge in [0.25, 0.3) is 0 Å².